The Morgan fingerprint density at radius 2 is 2.19 bits per heavy atom. The van der Waals surface area contributed by atoms with Gasteiger partial charge in [0.05, 0.1) is 6.10 Å². The monoisotopic (exact) mass is 463 g/mol. The van der Waals surface area contributed by atoms with Gasteiger partial charge >= 0.3 is 0 Å². The largest absolute Gasteiger partial charge is 0.387 e. The van der Waals surface area contributed by atoms with Gasteiger partial charge in [0.2, 0.25) is 0 Å². The maximum absolute atomic E-state index is 11.6. The average molecular weight is 463 g/mol. The number of hydrogen-bond acceptors (Lipinski definition) is 3. The first-order valence-electron chi connectivity index (χ1n) is 8.89. The van der Waals surface area contributed by atoms with E-state index in [2.05, 4.69) is 51.7 Å². The molecule has 0 spiro atoms. The van der Waals surface area contributed by atoms with Crippen LogP contribution in [0.15, 0.2) is 40.0 Å². The molecular weight excluding hydrogens is 438 g/mol. The Balaban J connectivity index is 1.60. The summed E-state index contributed by atoms with van der Waals surface area (Å²) in [6, 6.07) is 5.61. The van der Waals surface area contributed by atoms with Crippen molar-refractivity contribution in [3.05, 3.63) is 45.6 Å². The van der Waals surface area contributed by atoms with Crippen LogP contribution in [0.5, 0.6) is 0 Å². The molecule has 2 aliphatic rings. The Kier molecular flexibility index (Phi) is 6.15. The van der Waals surface area contributed by atoms with Crippen LogP contribution in [0.4, 0.5) is 10.5 Å². The van der Waals surface area contributed by atoms with Crippen molar-refractivity contribution in [1.82, 2.24) is 5.32 Å². The van der Waals surface area contributed by atoms with E-state index in [1.54, 1.807) is 7.28 Å². The molecule has 1 radical (unpaired) electrons. The first-order chi connectivity index (χ1) is 12.4. The van der Waals surface area contributed by atoms with Crippen LogP contribution in [0.2, 0.25) is 0 Å². The number of halogens is 1. The highest BCUT2D eigenvalue weighted by atomic mass is 127. The van der Waals surface area contributed by atoms with Crippen LogP contribution in [-0.2, 0) is 0 Å². The van der Waals surface area contributed by atoms with Crippen molar-refractivity contribution in [3.8, 4) is 0 Å². The smallest absolute Gasteiger partial charge is 0.274 e. The summed E-state index contributed by atoms with van der Waals surface area (Å²) in [6.07, 6.45) is 4.73. The number of carbonyl (C=O) groups excluding carboxylic acids is 1. The molecular formula is C20H25BIN2O2. The van der Waals surface area contributed by atoms with Crippen molar-refractivity contribution >= 4 is 49.0 Å². The number of hydrogen-bond donors (Lipinski definition) is 3. The van der Waals surface area contributed by atoms with Gasteiger partial charge in [-0.25, -0.2) is 0 Å². The number of nitrogens with one attached hydrogen (secondary N) is 2. The highest BCUT2D eigenvalue weighted by Crippen LogP contribution is 2.26. The molecule has 2 unspecified atom stereocenters. The van der Waals surface area contributed by atoms with E-state index >= 15 is 0 Å². The summed E-state index contributed by atoms with van der Waals surface area (Å²) in [4.78, 5) is 11.6. The van der Waals surface area contributed by atoms with Crippen molar-refractivity contribution < 1.29 is 9.90 Å². The predicted octanol–water partition coefficient (Wildman–Crippen LogP) is 3.22. The molecule has 4 nitrogen and oxygen atoms in total. The molecule has 0 bridgehead atoms. The summed E-state index contributed by atoms with van der Waals surface area (Å²) in [6.45, 7) is 7.07. The molecule has 6 heteroatoms. The highest BCUT2D eigenvalue weighted by Gasteiger charge is 2.27. The van der Waals surface area contributed by atoms with Crippen molar-refractivity contribution in [2.45, 2.75) is 38.8 Å². The van der Waals surface area contributed by atoms with E-state index in [1.807, 2.05) is 18.2 Å². The highest BCUT2D eigenvalue weighted by molar-refractivity contribution is 14.2. The Labute approximate surface area is 166 Å². The normalized spacial score (nSPS) is 18.3. The Morgan fingerprint density at radius 1 is 1.38 bits per heavy atom. The quantitative estimate of drug-likeness (QED) is 0.430. The van der Waals surface area contributed by atoms with Crippen LogP contribution >= 0.6 is 20.7 Å². The number of allylic oxidation sites excluding steroid dienone is 3. The molecule has 26 heavy (non-hydrogen) atoms. The zero-order valence-corrected chi connectivity index (χ0v) is 17.6. The zero-order chi connectivity index (χ0) is 18.7. The summed E-state index contributed by atoms with van der Waals surface area (Å²) in [5.74, 6) is 0.353. The summed E-state index contributed by atoms with van der Waals surface area (Å²) in [7, 11) is 1.56. The Bertz CT molecular complexity index is 786. The van der Waals surface area contributed by atoms with Gasteiger partial charge in [0, 0.05) is 17.8 Å². The Morgan fingerprint density at radius 3 is 2.92 bits per heavy atom. The topological polar surface area (TPSA) is 61.4 Å². The second kappa shape index (κ2) is 8.19. The van der Waals surface area contributed by atoms with Gasteiger partial charge in [-0.15, -0.1) is 0 Å². The lowest BCUT2D eigenvalue weighted by Gasteiger charge is -2.31. The van der Waals surface area contributed by atoms with Crippen molar-refractivity contribution in [1.29, 1.82) is 0 Å². The van der Waals surface area contributed by atoms with Crippen LogP contribution < -0.4 is 16.1 Å². The lowest BCUT2D eigenvalue weighted by molar-refractivity contribution is 0.158. The number of carbonyl (C=O) groups is 1. The minimum absolute atomic E-state index is 0.0703. The van der Waals surface area contributed by atoms with Crippen molar-refractivity contribution in [2.75, 3.05) is 11.9 Å². The van der Waals surface area contributed by atoms with Gasteiger partial charge in [-0.1, -0.05) is 51.9 Å². The van der Waals surface area contributed by atoms with Gasteiger partial charge in [-0.2, -0.15) is 0 Å². The van der Waals surface area contributed by atoms with E-state index in [-0.39, 0.29) is 32.1 Å². The number of rotatable bonds is 7. The van der Waals surface area contributed by atoms with Crippen molar-refractivity contribution in [2.24, 2.45) is 5.92 Å². The third-order valence-electron chi connectivity index (χ3n) is 4.81. The van der Waals surface area contributed by atoms with Crippen LogP contribution in [0.25, 0.3) is 0 Å². The summed E-state index contributed by atoms with van der Waals surface area (Å²) < 4.78 is 4.66. The number of aliphatic hydroxyl groups excluding tert-OH is 1. The van der Waals surface area contributed by atoms with Crippen LogP contribution in [0, 0.1) is 5.92 Å². The number of benzene rings is 1. The molecule has 0 aliphatic carbocycles. The number of fused-ring (bicyclic) bond motifs is 1. The van der Waals surface area contributed by atoms with Gasteiger partial charge in [-0.05, 0) is 56.9 Å². The fraction of sp³-hybridized carbons (Fsp3) is 0.400. The fourth-order valence-corrected chi connectivity index (χ4v) is 5.38. The SMILES string of the molecule is CC(CC(C)(C)NCC(O)c1cccc2c1[B]C(=O)N2)C1=CC=CI=C1. The van der Waals surface area contributed by atoms with Gasteiger partial charge in [0.25, 0.3) is 7.28 Å². The third kappa shape index (κ3) is 4.72. The second-order valence-corrected chi connectivity index (χ2v) is 9.61. The maximum Gasteiger partial charge on any atom is 0.274 e. The molecule has 137 valence electrons. The van der Waals surface area contributed by atoms with Gasteiger partial charge in [0.15, 0.2) is 5.81 Å². The van der Waals surface area contributed by atoms with E-state index in [1.165, 1.54) is 5.57 Å². The number of aliphatic hydroxyl groups is 1. The molecule has 2 atom stereocenters. The second-order valence-electron chi connectivity index (χ2n) is 7.55. The molecule has 2 aliphatic heterocycles. The van der Waals surface area contributed by atoms with E-state index in [0.29, 0.717) is 12.5 Å². The van der Waals surface area contributed by atoms with Crippen LogP contribution in [0.1, 0.15) is 38.9 Å². The van der Waals surface area contributed by atoms with E-state index in [9.17, 15) is 9.90 Å². The van der Waals surface area contributed by atoms with Gasteiger partial charge in [0.1, 0.15) is 0 Å². The lowest BCUT2D eigenvalue weighted by Crippen LogP contribution is -2.43. The molecule has 2 heterocycles. The molecule has 0 saturated carbocycles. The number of β-amino-alcohol motifs (C(OH)–C–C–N with tert-alkyl or cyclic N) is 1. The van der Waals surface area contributed by atoms with E-state index in [0.717, 1.165) is 23.1 Å². The fourth-order valence-electron chi connectivity index (χ4n) is 3.49. The minimum atomic E-state index is -0.655. The first kappa shape index (κ1) is 19.5. The number of anilines is 1. The minimum Gasteiger partial charge on any atom is -0.387 e. The standard InChI is InChI=1S/C20H25BIN2O2/c1-13(14-6-5-9-22-11-14)10-20(2,3)23-12-17(25)15-7-4-8-16-18(15)21-19(26)24-16/h4-9,11,13,17,23,25H,10,12H2,1-3H3,(H,24,26). The third-order valence-corrected chi connectivity index (χ3v) is 6.72. The molecule has 3 N–H and O–H groups in total. The molecule has 0 saturated heterocycles. The van der Waals surface area contributed by atoms with Crippen molar-refractivity contribution in [3.63, 3.8) is 0 Å². The zero-order valence-electron chi connectivity index (χ0n) is 15.4. The van der Waals surface area contributed by atoms with E-state index < -0.39 is 6.10 Å². The summed E-state index contributed by atoms with van der Waals surface area (Å²) in [5, 5.41) is 17.0. The van der Waals surface area contributed by atoms with Gasteiger partial charge in [-0.3, -0.25) is 4.79 Å². The number of amides is 1. The molecule has 0 fully saturated rings. The molecule has 1 aromatic rings. The molecule has 3 rings (SSSR count). The molecule has 0 aromatic heterocycles. The summed E-state index contributed by atoms with van der Waals surface area (Å²) >= 11 is 0.0703. The average Bonchev–Trinajstić information content (AvgIpc) is 3.00. The predicted molar refractivity (Wildman–Crippen MR) is 119 cm³/mol. The van der Waals surface area contributed by atoms with Crippen LogP contribution in [0.3, 0.4) is 0 Å². The molecule has 1 aromatic carbocycles. The maximum atomic E-state index is 11.6. The lowest BCUT2D eigenvalue weighted by atomic mass is 9.69. The van der Waals surface area contributed by atoms with E-state index in [4.69, 9.17) is 0 Å². The molecule has 1 amide bonds. The Hall–Kier alpha value is -1.25. The summed E-state index contributed by atoms with van der Waals surface area (Å²) in [5.41, 5.74) is 3.70. The first-order valence-corrected chi connectivity index (χ1v) is 11.4. The van der Waals surface area contributed by atoms with Crippen LogP contribution in [-0.4, -0.2) is 34.3 Å². The van der Waals surface area contributed by atoms with Gasteiger partial charge < -0.3 is 15.7 Å².